The largest absolute Gasteiger partial charge is 0.390 e. The Morgan fingerprint density at radius 3 is 3.08 bits per heavy atom. The van der Waals surface area contributed by atoms with Crippen molar-refractivity contribution < 1.29 is 9.90 Å². The van der Waals surface area contributed by atoms with Gasteiger partial charge in [0, 0.05) is 37.1 Å². The summed E-state index contributed by atoms with van der Waals surface area (Å²) < 4.78 is 0. The standard InChI is InChI=1S/C16H19ClN4O2S.H2S/c1-10-8-24-14-7-21(3-2-12(10)14)6-11(22)5-18-16(23)13-4-15(17)20-9-19-13;/h4,8-9,11,22H,2-3,5-7H2,1H3,(H,18,23);1H2/t11-;/m0./s1. The number of aliphatic hydroxyl groups excluding tert-OH is 1. The fourth-order valence-electron chi connectivity index (χ4n) is 2.82. The maximum absolute atomic E-state index is 12.0. The van der Waals surface area contributed by atoms with Crippen LogP contribution in [0.1, 0.15) is 26.5 Å². The molecule has 0 unspecified atom stereocenters. The summed E-state index contributed by atoms with van der Waals surface area (Å²) in [5.41, 5.74) is 3.02. The number of carbonyl (C=O) groups excluding carboxylic acids is 1. The number of aromatic nitrogens is 2. The highest BCUT2D eigenvalue weighted by atomic mass is 35.5. The van der Waals surface area contributed by atoms with Crippen LogP contribution < -0.4 is 5.32 Å². The van der Waals surface area contributed by atoms with Crippen molar-refractivity contribution in [3.63, 3.8) is 0 Å². The second-order valence-corrected chi connectivity index (χ2v) is 7.25. The third-order valence-corrected chi connectivity index (χ3v) is 5.41. The van der Waals surface area contributed by atoms with Gasteiger partial charge in [-0.25, -0.2) is 9.97 Å². The molecule has 0 radical (unpaired) electrons. The molecule has 6 nitrogen and oxygen atoms in total. The minimum Gasteiger partial charge on any atom is -0.390 e. The summed E-state index contributed by atoms with van der Waals surface area (Å²) in [6, 6.07) is 1.40. The summed E-state index contributed by atoms with van der Waals surface area (Å²) in [4.78, 5) is 23.2. The van der Waals surface area contributed by atoms with E-state index in [1.54, 1.807) is 11.3 Å². The van der Waals surface area contributed by atoms with E-state index in [0.29, 0.717) is 6.54 Å². The number of amides is 1. The molecule has 1 atom stereocenters. The normalized spacial score (nSPS) is 15.2. The Hall–Kier alpha value is -1.19. The number of nitrogens with one attached hydrogen (secondary N) is 1. The van der Waals surface area contributed by atoms with Crippen molar-refractivity contribution in [1.29, 1.82) is 0 Å². The molecule has 0 saturated heterocycles. The van der Waals surface area contributed by atoms with Gasteiger partial charge >= 0.3 is 0 Å². The van der Waals surface area contributed by atoms with Crippen molar-refractivity contribution in [3.05, 3.63) is 44.6 Å². The van der Waals surface area contributed by atoms with Gasteiger partial charge in [-0.1, -0.05) is 11.6 Å². The molecule has 0 aromatic carbocycles. The van der Waals surface area contributed by atoms with Gasteiger partial charge in [0.05, 0.1) is 6.10 Å². The van der Waals surface area contributed by atoms with Gasteiger partial charge in [0.2, 0.25) is 0 Å². The van der Waals surface area contributed by atoms with Gasteiger partial charge in [-0.15, -0.1) is 11.3 Å². The molecule has 1 aliphatic rings. The van der Waals surface area contributed by atoms with E-state index in [0.717, 1.165) is 19.5 Å². The van der Waals surface area contributed by atoms with Gasteiger partial charge in [0.1, 0.15) is 17.2 Å². The minimum atomic E-state index is -0.631. The first-order chi connectivity index (χ1) is 11.5. The van der Waals surface area contributed by atoms with Crippen LogP contribution in [0.3, 0.4) is 0 Å². The molecule has 1 amide bonds. The molecule has 1 aliphatic heterocycles. The van der Waals surface area contributed by atoms with Crippen LogP contribution in [0.25, 0.3) is 0 Å². The number of thiophene rings is 1. The highest BCUT2D eigenvalue weighted by Crippen LogP contribution is 2.27. The number of β-amino-alcohol motifs (C(OH)–C–C–N with tert-alkyl or cyclic N) is 1. The molecule has 2 N–H and O–H groups in total. The zero-order chi connectivity index (χ0) is 17.1. The number of fused-ring (bicyclic) bond motifs is 1. The number of nitrogens with zero attached hydrogens (tertiary/aromatic N) is 3. The molecule has 3 rings (SSSR count). The van der Waals surface area contributed by atoms with E-state index in [-0.39, 0.29) is 36.8 Å². The number of rotatable bonds is 5. The van der Waals surface area contributed by atoms with E-state index in [1.165, 1.54) is 28.4 Å². The predicted molar refractivity (Wildman–Crippen MR) is 104 cm³/mol. The molecule has 3 heterocycles. The molecule has 0 saturated carbocycles. The summed E-state index contributed by atoms with van der Waals surface area (Å²) in [6.45, 7) is 4.64. The van der Waals surface area contributed by atoms with Crippen molar-refractivity contribution in [2.24, 2.45) is 0 Å². The lowest BCUT2D eigenvalue weighted by molar-refractivity contribution is 0.0840. The lowest BCUT2D eigenvalue weighted by Crippen LogP contribution is -2.42. The van der Waals surface area contributed by atoms with Crippen molar-refractivity contribution >= 4 is 42.3 Å². The average Bonchev–Trinajstić information content (AvgIpc) is 2.93. The number of aliphatic hydroxyl groups is 1. The Morgan fingerprint density at radius 2 is 2.32 bits per heavy atom. The zero-order valence-electron chi connectivity index (χ0n) is 13.8. The number of aryl methyl sites for hydroxylation is 1. The quantitative estimate of drug-likeness (QED) is 0.748. The molecule has 25 heavy (non-hydrogen) atoms. The first kappa shape index (κ1) is 20.1. The Morgan fingerprint density at radius 1 is 1.52 bits per heavy atom. The topological polar surface area (TPSA) is 78.4 Å². The first-order valence-electron chi connectivity index (χ1n) is 7.75. The second kappa shape index (κ2) is 8.95. The van der Waals surface area contributed by atoms with E-state index in [2.05, 4.69) is 32.5 Å². The fraction of sp³-hybridized carbons (Fsp3) is 0.438. The third-order valence-electron chi connectivity index (χ3n) is 4.07. The van der Waals surface area contributed by atoms with Gasteiger partial charge in [0.15, 0.2) is 0 Å². The maximum atomic E-state index is 12.0. The van der Waals surface area contributed by atoms with Gasteiger partial charge in [0.25, 0.3) is 5.91 Å². The van der Waals surface area contributed by atoms with Crippen LogP contribution in [0.15, 0.2) is 17.8 Å². The first-order valence-corrected chi connectivity index (χ1v) is 9.00. The van der Waals surface area contributed by atoms with Crippen LogP contribution in [-0.2, 0) is 13.0 Å². The number of hydrogen-bond donors (Lipinski definition) is 2. The van der Waals surface area contributed by atoms with E-state index in [9.17, 15) is 9.90 Å². The third kappa shape index (κ3) is 5.15. The Bertz CT molecular complexity index is 741. The summed E-state index contributed by atoms with van der Waals surface area (Å²) >= 11 is 7.52. The molecule has 0 spiro atoms. The molecule has 0 fully saturated rings. The monoisotopic (exact) mass is 400 g/mol. The second-order valence-electron chi connectivity index (χ2n) is 5.90. The SMILES string of the molecule is Cc1csc2c1CCN(C[C@@H](O)CNC(=O)c1cc(Cl)ncn1)C2.S. The van der Waals surface area contributed by atoms with Gasteiger partial charge in [-0.2, -0.15) is 13.5 Å². The van der Waals surface area contributed by atoms with Gasteiger partial charge in [-0.05, 0) is 29.9 Å². The molecule has 2 aromatic rings. The van der Waals surface area contributed by atoms with Crippen LogP contribution >= 0.6 is 36.4 Å². The van der Waals surface area contributed by atoms with Gasteiger partial charge < -0.3 is 10.4 Å². The lowest BCUT2D eigenvalue weighted by Gasteiger charge is -2.29. The molecule has 0 aliphatic carbocycles. The number of hydrogen-bond acceptors (Lipinski definition) is 6. The van der Waals surface area contributed by atoms with E-state index >= 15 is 0 Å². The molecular weight excluding hydrogens is 380 g/mol. The van der Waals surface area contributed by atoms with Crippen molar-refractivity contribution in [2.45, 2.75) is 26.0 Å². The van der Waals surface area contributed by atoms with E-state index in [4.69, 9.17) is 11.6 Å². The van der Waals surface area contributed by atoms with E-state index in [1.807, 2.05) is 0 Å². The van der Waals surface area contributed by atoms with Crippen LogP contribution in [0.5, 0.6) is 0 Å². The summed E-state index contributed by atoms with van der Waals surface area (Å²) in [7, 11) is 0. The van der Waals surface area contributed by atoms with E-state index < -0.39 is 6.10 Å². The lowest BCUT2D eigenvalue weighted by atomic mass is 10.0. The van der Waals surface area contributed by atoms with Crippen LogP contribution in [0.4, 0.5) is 0 Å². The molecule has 136 valence electrons. The van der Waals surface area contributed by atoms with Gasteiger partial charge in [-0.3, -0.25) is 9.69 Å². The zero-order valence-corrected chi connectivity index (χ0v) is 16.4. The number of halogens is 1. The Labute approximate surface area is 162 Å². The molecule has 2 aromatic heterocycles. The Kier molecular flexibility index (Phi) is 7.21. The summed E-state index contributed by atoms with van der Waals surface area (Å²) in [5, 5.41) is 15.3. The summed E-state index contributed by atoms with van der Waals surface area (Å²) in [5.74, 6) is -0.367. The van der Waals surface area contributed by atoms with Crippen LogP contribution in [0, 0.1) is 6.92 Å². The summed E-state index contributed by atoms with van der Waals surface area (Å²) in [6.07, 6.45) is 1.62. The van der Waals surface area contributed by atoms with Crippen molar-refractivity contribution in [3.8, 4) is 0 Å². The van der Waals surface area contributed by atoms with Crippen molar-refractivity contribution in [1.82, 2.24) is 20.2 Å². The van der Waals surface area contributed by atoms with Crippen LogP contribution in [-0.4, -0.2) is 51.6 Å². The molecule has 9 heteroatoms. The Balaban J connectivity index is 0.00000225. The molecule has 0 bridgehead atoms. The maximum Gasteiger partial charge on any atom is 0.270 e. The molecular formula is C16H21ClN4O2S2. The van der Waals surface area contributed by atoms with Crippen molar-refractivity contribution in [2.75, 3.05) is 19.6 Å². The van der Waals surface area contributed by atoms with Crippen LogP contribution in [0.2, 0.25) is 5.15 Å². The predicted octanol–water partition coefficient (Wildman–Crippen LogP) is 1.76. The fourth-order valence-corrected chi connectivity index (χ4v) is 4.09. The number of carbonyl (C=O) groups is 1. The minimum absolute atomic E-state index is 0. The highest BCUT2D eigenvalue weighted by molar-refractivity contribution is 7.59. The average molecular weight is 401 g/mol. The highest BCUT2D eigenvalue weighted by Gasteiger charge is 2.21. The smallest absolute Gasteiger partial charge is 0.270 e.